The van der Waals surface area contributed by atoms with Gasteiger partial charge in [0.2, 0.25) is 11.8 Å². The molecule has 0 aliphatic carbocycles. The number of benzene rings is 2. The Labute approximate surface area is 168 Å². The third-order valence-electron chi connectivity index (χ3n) is 4.67. The van der Waals surface area contributed by atoms with Crippen LogP contribution in [0.25, 0.3) is 22.9 Å². The molecule has 0 saturated carbocycles. The molecule has 0 aliphatic rings. The van der Waals surface area contributed by atoms with Crippen molar-refractivity contribution < 1.29 is 13.6 Å². The van der Waals surface area contributed by atoms with Crippen LogP contribution in [0.15, 0.2) is 63.4 Å². The van der Waals surface area contributed by atoms with Crippen LogP contribution in [-0.4, -0.2) is 16.1 Å². The quantitative estimate of drug-likeness (QED) is 0.529. The van der Waals surface area contributed by atoms with E-state index in [4.69, 9.17) is 8.83 Å². The summed E-state index contributed by atoms with van der Waals surface area (Å²) in [7, 11) is 0. The lowest BCUT2D eigenvalue weighted by atomic mass is 10.1. The number of nitrogens with one attached hydrogen (secondary N) is 1. The monoisotopic (exact) mass is 387 g/mol. The van der Waals surface area contributed by atoms with E-state index in [1.54, 1.807) is 24.3 Å². The summed E-state index contributed by atoms with van der Waals surface area (Å²) in [6, 6.07) is 16.9. The standard InChI is InChI=1S/C23H21N3O3/c1-14-5-4-6-19(11-14)23-26-25-22(29-23)18-9-7-17(8-10-18)21(27)24-13-20-12-15(2)28-16(20)3/h4-12H,13H2,1-3H3,(H,24,27). The summed E-state index contributed by atoms with van der Waals surface area (Å²) in [6.45, 7) is 6.21. The first-order valence-corrected chi connectivity index (χ1v) is 9.35. The van der Waals surface area contributed by atoms with Crippen molar-refractivity contribution in [3.05, 3.63) is 82.8 Å². The molecule has 4 rings (SSSR count). The van der Waals surface area contributed by atoms with E-state index in [2.05, 4.69) is 15.5 Å². The van der Waals surface area contributed by atoms with E-state index in [9.17, 15) is 4.79 Å². The fourth-order valence-corrected chi connectivity index (χ4v) is 3.14. The zero-order valence-corrected chi connectivity index (χ0v) is 16.5. The maximum Gasteiger partial charge on any atom is 0.251 e. The number of rotatable bonds is 5. The van der Waals surface area contributed by atoms with Gasteiger partial charge in [-0.25, -0.2) is 0 Å². The first-order valence-electron chi connectivity index (χ1n) is 9.35. The molecule has 0 bridgehead atoms. The van der Waals surface area contributed by atoms with Crippen LogP contribution in [0.2, 0.25) is 0 Å². The van der Waals surface area contributed by atoms with Gasteiger partial charge in [-0.15, -0.1) is 10.2 Å². The SMILES string of the molecule is Cc1cccc(-c2nnc(-c3ccc(C(=O)NCc4cc(C)oc4C)cc3)o2)c1. The fraction of sp³-hybridized carbons (Fsp3) is 0.174. The molecule has 0 spiro atoms. The van der Waals surface area contributed by atoms with Crippen molar-refractivity contribution in [1.29, 1.82) is 0 Å². The van der Waals surface area contributed by atoms with E-state index in [0.29, 0.717) is 23.9 Å². The van der Waals surface area contributed by atoms with E-state index in [1.165, 1.54) is 0 Å². The topological polar surface area (TPSA) is 81.2 Å². The normalized spacial score (nSPS) is 10.9. The molecule has 29 heavy (non-hydrogen) atoms. The first kappa shape index (κ1) is 18.7. The molecule has 1 N–H and O–H groups in total. The van der Waals surface area contributed by atoms with Crippen LogP contribution in [0.1, 0.15) is 33.0 Å². The molecule has 1 amide bonds. The second-order valence-corrected chi connectivity index (χ2v) is 6.98. The van der Waals surface area contributed by atoms with Crippen molar-refractivity contribution >= 4 is 5.91 Å². The highest BCUT2D eigenvalue weighted by Crippen LogP contribution is 2.24. The van der Waals surface area contributed by atoms with Crippen LogP contribution < -0.4 is 5.32 Å². The van der Waals surface area contributed by atoms with Crippen LogP contribution in [0.5, 0.6) is 0 Å². The van der Waals surface area contributed by atoms with Crippen LogP contribution in [0, 0.1) is 20.8 Å². The van der Waals surface area contributed by atoms with Crippen molar-refractivity contribution in [2.75, 3.05) is 0 Å². The molecular formula is C23H21N3O3. The number of hydrogen-bond acceptors (Lipinski definition) is 5. The Kier molecular flexibility index (Phi) is 4.99. The Morgan fingerprint density at radius 1 is 0.897 bits per heavy atom. The highest BCUT2D eigenvalue weighted by molar-refractivity contribution is 5.94. The molecule has 0 atom stereocenters. The van der Waals surface area contributed by atoms with E-state index < -0.39 is 0 Å². The summed E-state index contributed by atoms with van der Waals surface area (Å²) in [5.74, 6) is 2.38. The van der Waals surface area contributed by atoms with Crippen molar-refractivity contribution in [3.63, 3.8) is 0 Å². The van der Waals surface area contributed by atoms with Crippen molar-refractivity contribution in [2.45, 2.75) is 27.3 Å². The number of nitrogens with zero attached hydrogens (tertiary/aromatic N) is 2. The summed E-state index contributed by atoms with van der Waals surface area (Å²) < 4.78 is 11.3. The zero-order chi connectivity index (χ0) is 20.4. The number of carbonyl (C=O) groups excluding carboxylic acids is 1. The van der Waals surface area contributed by atoms with E-state index in [1.807, 2.05) is 51.1 Å². The Balaban J connectivity index is 1.45. The van der Waals surface area contributed by atoms with Gasteiger partial charge >= 0.3 is 0 Å². The lowest BCUT2D eigenvalue weighted by molar-refractivity contribution is 0.0951. The molecule has 0 unspecified atom stereocenters. The average Bonchev–Trinajstić information content (AvgIpc) is 3.33. The van der Waals surface area contributed by atoms with Crippen LogP contribution in [0.3, 0.4) is 0 Å². The maximum absolute atomic E-state index is 12.4. The minimum Gasteiger partial charge on any atom is -0.466 e. The van der Waals surface area contributed by atoms with Crippen LogP contribution >= 0.6 is 0 Å². The van der Waals surface area contributed by atoms with Gasteiger partial charge in [0, 0.05) is 28.8 Å². The molecule has 0 saturated heterocycles. The molecule has 0 radical (unpaired) electrons. The van der Waals surface area contributed by atoms with Crippen molar-refractivity contribution in [2.24, 2.45) is 0 Å². The number of aryl methyl sites for hydroxylation is 3. The minimum atomic E-state index is -0.152. The number of amides is 1. The number of aromatic nitrogens is 2. The molecule has 4 aromatic rings. The smallest absolute Gasteiger partial charge is 0.251 e. The van der Waals surface area contributed by atoms with Gasteiger partial charge in [-0.2, -0.15) is 0 Å². The Bertz CT molecular complexity index is 1160. The molecule has 0 aliphatic heterocycles. The second kappa shape index (κ2) is 7.75. The Hall–Kier alpha value is -3.67. The maximum atomic E-state index is 12.4. The number of carbonyl (C=O) groups is 1. The summed E-state index contributed by atoms with van der Waals surface area (Å²) in [5, 5.41) is 11.2. The van der Waals surface area contributed by atoms with Gasteiger partial charge in [0.15, 0.2) is 0 Å². The fourth-order valence-electron chi connectivity index (χ4n) is 3.14. The van der Waals surface area contributed by atoms with Crippen LogP contribution in [0.4, 0.5) is 0 Å². The van der Waals surface area contributed by atoms with Gasteiger partial charge in [0.25, 0.3) is 5.91 Å². The lowest BCUT2D eigenvalue weighted by Gasteiger charge is -2.05. The van der Waals surface area contributed by atoms with E-state index in [-0.39, 0.29) is 5.91 Å². The predicted molar refractivity (Wildman–Crippen MR) is 109 cm³/mol. The average molecular weight is 387 g/mol. The van der Waals surface area contributed by atoms with Crippen molar-refractivity contribution in [3.8, 4) is 22.9 Å². The van der Waals surface area contributed by atoms with Crippen LogP contribution in [-0.2, 0) is 6.54 Å². The van der Waals surface area contributed by atoms with E-state index >= 15 is 0 Å². The molecule has 6 heteroatoms. The summed E-state index contributed by atoms with van der Waals surface area (Å²) in [4.78, 5) is 12.4. The zero-order valence-electron chi connectivity index (χ0n) is 16.5. The van der Waals surface area contributed by atoms with Gasteiger partial charge in [-0.3, -0.25) is 4.79 Å². The summed E-state index contributed by atoms with van der Waals surface area (Å²) in [5.41, 5.74) is 4.30. The van der Waals surface area contributed by atoms with Gasteiger partial charge in [-0.05, 0) is 63.2 Å². The largest absolute Gasteiger partial charge is 0.466 e. The summed E-state index contributed by atoms with van der Waals surface area (Å²) in [6.07, 6.45) is 0. The molecule has 2 aromatic heterocycles. The molecular weight excluding hydrogens is 366 g/mol. The third-order valence-corrected chi connectivity index (χ3v) is 4.67. The predicted octanol–water partition coefficient (Wildman–Crippen LogP) is 4.85. The molecule has 146 valence electrons. The third kappa shape index (κ3) is 4.11. The lowest BCUT2D eigenvalue weighted by Crippen LogP contribution is -2.22. The molecule has 6 nitrogen and oxygen atoms in total. The van der Waals surface area contributed by atoms with Gasteiger partial charge in [-0.1, -0.05) is 17.7 Å². The van der Waals surface area contributed by atoms with Gasteiger partial charge < -0.3 is 14.2 Å². The van der Waals surface area contributed by atoms with Crippen molar-refractivity contribution in [1.82, 2.24) is 15.5 Å². The molecule has 2 aromatic carbocycles. The van der Waals surface area contributed by atoms with Gasteiger partial charge in [0.1, 0.15) is 11.5 Å². The number of hydrogen-bond donors (Lipinski definition) is 1. The molecule has 2 heterocycles. The second-order valence-electron chi connectivity index (χ2n) is 6.98. The Morgan fingerprint density at radius 3 is 2.28 bits per heavy atom. The molecule has 0 fully saturated rings. The Morgan fingerprint density at radius 2 is 1.62 bits per heavy atom. The minimum absolute atomic E-state index is 0.152. The summed E-state index contributed by atoms with van der Waals surface area (Å²) >= 11 is 0. The first-order chi connectivity index (χ1) is 14.0. The van der Waals surface area contributed by atoms with Gasteiger partial charge in [0.05, 0.1) is 0 Å². The highest BCUT2D eigenvalue weighted by Gasteiger charge is 2.13. The van der Waals surface area contributed by atoms with E-state index in [0.717, 1.165) is 33.8 Å². The highest BCUT2D eigenvalue weighted by atomic mass is 16.4. The number of furan rings is 1.